The zero-order valence-corrected chi connectivity index (χ0v) is 46.3. The Labute approximate surface area is 496 Å². The molecule has 84 heavy (non-hydrogen) atoms. The number of rotatable bonds is 9. The van der Waals surface area contributed by atoms with Crippen LogP contribution in [-0.4, -0.2) is 0 Å². The number of hydrogen-bond acceptors (Lipinski definition) is 1. The van der Waals surface area contributed by atoms with E-state index in [-0.39, 0.29) is 2.85 Å². The molecule has 0 N–H and O–H groups in total. The van der Waals surface area contributed by atoms with Crippen LogP contribution in [0, 0.1) is 94.7 Å². The third kappa shape index (κ3) is 11.4. The monoisotopic (exact) mass is 1060 g/mol. The fraction of sp³-hybridized carbons (Fsp3) is 0.0361. The van der Waals surface area contributed by atoms with Gasteiger partial charge in [-0.05, 0) is 251 Å². The molecule has 0 radical (unpaired) electrons. The number of benzene rings is 11. The summed E-state index contributed by atoms with van der Waals surface area (Å²) in [4.78, 5) is 2.36. The van der Waals surface area contributed by atoms with E-state index in [1.807, 2.05) is 6.07 Å². The Morgan fingerprint density at radius 3 is 1.13 bits per heavy atom. The van der Waals surface area contributed by atoms with Gasteiger partial charge in [0.2, 0.25) is 0 Å². The van der Waals surface area contributed by atoms with Crippen molar-refractivity contribution in [2.75, 3.05) is 4.90 Å². The lowest BCUT2D eigenvalue weighted by Gasteiger charge is -2.27. The van der Waals surface area contributed by atoms with Crippen LogP contribution in [0.4, 0.5) is 17.1 Å². The summed E-state index contributed by atoms with van der Waals surface area (Å²) in [6.07, 6.45) is 0. The zero-order chi connectivity index (χ0) is 56.9. The average molecular weight is 1060 g/mol. The quantitative estimate of drug-likeness (QED) is 0.130. The molecule has 0 heterocycles. The molecule has 0 bridgehead atoms. The van der Waals surface area contributed by atoms with Crippen LogP contribution in [0.25, 0.3) is 88.7 Å². The van der Waals surface area contributed by atoms with Crippen LogP contribution in [0.15, 0.2) is 261 Å². The van der Waals surface area contributed by atoms with Gasteiger partial charge in [-0.1, -0.05) is 218 Å². The van der Waals surface area contributed by atoms with Crippen molar-refractivity contribution in [3.8, 4) is 173 Å². The van der Waals surface area contributed by atoms with Gasteiger partial charge in [-0.3, -0.25) is 0 Å². The average Bonchev–Trinajstić information content (AvgIpc) is 1.74. The first kappa shape index (κ1) is 52.6. The van der Waals surface area contributed by atoms with Crippen molar-refractivity contribution in [1.82, 2.24) is 0 Å². The van der Waals surface area contributed by atoms with Gasteiger partial charge in [0.05, 0.1) is 5.41 Å². The SMILES string of the molecule is CC#CC#CC#CC#CC#CC#CC#CC#CC1(C)c2cc(-c3ccccc3)ccc2-c2ccc(-c3ccc(N(c4ccc(-c5ccccc5)cc4)c4ccc(-c5ccc(-c6ccc7ccccc7c6)cc5)c(-c5ccccc5)c4)cc3)cc21.[HH].[HH]. The Bertz CT molecular complexity index is 4870. The van der Waals surface area contributed by atoms with Gasteiger partial charge < -0.3 is 4.90 Å². The lowest BCUT2D eigenvalue weighted by atomic mass is 9.79. The largest absolute Gasteiger partial charge is 0.310 e. The van der Waals surface area contributed by atoms with E-state index in [0.29, 0.717) is 0 Å². The molecule has 1 aliphatic carbocycles. The molecule has 1 nitrogen and oxygen atoms in total. The van der Waals surface area contributed by atoms with E-state index in [2.05, 4.69) is 361 Å². The maximum atomic E-state index is 3.60. The Hall–Kier alpha value is -12.0. The summed E-state index contributed by atoms with van der Waals surface area (Å²) in [5, 5.41) is 2.47. The van der Waals surface area contributed by atoms with Crippen LogP contribution in [0.1, 0.15) is 27.8 Å². The van der Waals surface area contributed by atoms with E-state index in [1.165, 1.54) is 27.5 Å². The molecule has 1 heteroatoms. The molecule has 1 unspecified atom stereocenters. The summed E-state index contributed by atoms with van der Waals surface area (Å²) in [6, 6.07) is 94.1. The Balaban J connectivity index is 0.00000410. The second-order valence-corrected chi connectivity index (χ2v) is 20.2. The van der Waals surface area contributed by atoms with Crippen molar-refractivity contribution < 1.29 is 2.85 Å². The summed E-state index contributed by atoms with van der Waals surface area (Å²) in [5.41, 5.74) is 20.8. The molecule has 0 saturated heterocycles. The number of hydrogen-bond donors (Lipinski definition) is 0. The van der Waals surface area contributed by atoms with Crippen LogP contribution < -0.4 is 4.90 Å². The molecular weight excluding hydrogens is 1010 g/mol. The molecule has 11 aromatic rings. The maximum absolute atomic E-state index is 3.60. The summed E-state index contributed by atoms with van der Waals surface area (Å²) in [5.74, 6) is 44.6. The standard InChI is InChI=1S/C83H49N.2H2/c1-3-4-5-6-7-8-9-10-11-12-13-14-15-16-28-57-83(2)81-59-72(63-31-22-18-23-32-63)47-54-78(81)79-55-48-73(60-82(79)83)67-45-51-75(52-46-67)84(74-49-43-65(44-50-74)62-29-20-17-21-30-62)76-53-56-77(80(61-76)68-34-24-19-25-35-68)69-40-37-66(38-41-69)71-42-39-64-33-26-27-36-70(64)58-71;;/h17-27,29-56,58-61H,1-2H3;2*1H. The van der Waals surface area contributed by atoms with Gasteiger partial charge >= 0.3 is 0 Å². The van der Waals surface area contributed by atoms with Gasteiger partial charge in [-0.2, -0.15) is 0 Å². The molecule has 0 saturated carbocycles. The minimum absolute atomic E-state index is 0. The minimum atomic E-state index is -0.679. The van der Waals surface area contributed by atoms with Crippen LogP contribution in [-0.2, 0) is 5.41 Å². The summed E-state index contributed by atoms with van der Waals surface area (Å²) < 4.78 is 0. The molecule has 1 atom stereocenters. The topological polar surface area (TPSA) is 3.24 Å². The van der Waals surface area contributed by atoms with Crippen molar-refractivity contribution in [3.63, 3.8) is 0 Å². The summed E-state index contributed by atoms with van der Waals surface area (Å²) >= 11 is 0. The highest BCUT2D eigenvalue weighted by Gasteiger charge is 2.39. The van der Waals surface area contributed by atoms with Crippen LogP contribution in [0.3, 0.4) is 0 Å². The summed E-state index contributed by atoms with van der Waals surface area (Å²) in [7, 11) is 0. The lowest BCUT2D eigenvalue weighted by molar-refractivity contribution is 0.779. The van der Waals surface area contributed by atoms with Crippen molar-refractivity contribution in [3.05, 3.63) is 272 Å². The van der Waals surface area contributed by atoms with E-state index in [0.717, 1.165) is 89.4 Å². The third-order valence-electron chi connectivity index (χ3n) is 15.1. The molecule has 390 valence electrons. The number of anilines is 3. The molecule has 11 aromatic carbocycles. The van der Waals surface area contributed by atoms with E-state index >= 15 is 0 Å². The normalized spacial score (nSPS) is 11.9. The predicted molar refractivity (Wildman–Crippen MR) is 355 cm³/mol. The smallest absolute Gasteiger partial charge is 0.0806 e. The molecule has 0 aromatic heterocycles. The molecule has 0 aliphatic heterocycles. The minimum Gasteiger partial charge on any atom is -0.310 e. The molecule has 0 fully saturated rings. The molecular formula is C83H53N. The highest BCUT2D eigenvalue weighted by atomic mass is 15.1. The second-order valence-electron chi connectivity index (χ2n) is 20.2. The molecule has 0 spiro atoms. The van der Waals surface area contributed by atoms with Crippen LogP contribution in [0.5, 0.6) is 0 Å². The van der Waals surface area contributed by atoms with Crippen molar-refractivity contribution in [2.45, 2.75) is 19.3 Å². The van der Waals surface area contributed by atoms with Crippen molar-refractivity contribution >= 4 is 27.8 Å². The predicted octanol–water partition coefficient (Wildman–Crippen LogP) is 19.1. The first-order valence-corrected chi connectivity index (χ1v) is 27.6. The van der Waals surface area contributed by atoms with E-state index < -0.39 is 5.41 Å². The second kappa shape index (κ2) is 24.5. The van der Waals surface area contributed by atoms with Gasteiger partial charge in [0.1, 0.15) is 0 Å². The Morgan fingerprint density at radius 2 is 0.607 bits per heavy atom. The summed E-state index contributed by atoms with van der Waals surface area (Å²) in [6.45, 7) is 3.92. The lowest BCUT2D eigenvalue weighted by Crippen LogP contribution is -2.18. The van der Waals surface area contributed by atoms with E-state index in [4.69, 9.17) is 0 Å². The highest BCUT2D eigenvalue weighted by Crippen LogP contribution is 2.51. The molecule has 0 amide bonds. The Morgan fingerprint density at radius 1 is 0.262 bits per heavy atom. The first-order valence-electron chi connectivity index (χ1n) is 27.6. The number of fused-ring (bicyclic) bond motifs is 4. The third-order valence-corrected chi connectivity index (χ3v) is 15.1. The van der Waals surface area contributed by atoms with Gasteiger partial charge in [0, 0.05) is 19.9 Å². The van der Waals surface area contributed by atoms with Gasteiger partial charge in [0.15, 0.2) is 0 Å². The fourth-order valence-corrected chi connectivity index (χ4v) is 10.9. The van der Waals surface area contributed by atoms with Crippen molar-refractivity contribution in [1.29, 1.82) is 0 Å². The first-order chi connectivity index (χ1) is 41.5. The van der Waals surface area contributed by atoms with Crippen LogP contribution >= 0.6 is 0 Å². The zero-order valence-electron chi connectivity index (χ0n) is 46.3. The maximum Gasteiger partial charge on any atom is 0.0806 e. The van der Waals surface area contributed by atoms with E-state index in [1.54, 1.807) is 6.92 Å². The molecule has 1 aliphatic rings. The van der Waals surface area contributed by atoms with E-state index in [9.17, 15) is 0 Å². The van der Waals surface area contributed by atoms with Gasteiger partial charge in [-0.15, -0.1) is 0 Å². The Kier molecular flexibility index (Phi) is 15.4. The molecule has 12 rings (SSSR count). The number of nitrogens with zero attached hydrogens (tertiary/aromatic N) is 1. The van der Waals surface area contributed by atoms with Gasteiger partial charge in [-0.25, -0.2) is 0 Å². The highest BCUT2D eigenvalue weighted by molar-refractivity contribution is 5.92. The van der Waals surface area contributed by atoms with Gasteiger partial charge in [0.25, 0.3) is 0 Å². The fourth-order valence-electron chi connectivity index (χ4n) is 10.9. The van der Waals surface area contributed by atoms with Crippen molar-refractivity contribution in [2.24, 2.45) is 0 Å². The van der Waals surface area contributed by atoms with Crippen LogP contribution in [0.2, 0.25) is 0 Å².